The molecule has 0 heterocycles. The number of ketones is 1. The van der Waals surface area contributed by atoms with Crippen LogP contribution in [0.15, 0.2) is 46.6 Å². The summed E-state index contributed by atoms with van der Waals surface area (Å²) in [5.41, 5.74) is 4.19. The second-order valence-corrected chi connectivity index (χ2v) is 12.2. The first-order valence-electron chi connectivity index (χ1n) is 12.9. The number of carbonyl (C=O) groups is 1. The van der Waals surface area contributed by atoms with Crippen LogP contribution < -0.4 is 0 Å². The van der Waals surface area contributed by atoms with E-state index in [9.17, 15) is 15.0 Å². The van der Waals surface area contributed by atoms with E-state index in [-0.39, 0.29) is 29.3 Å². The van der Waals surface area contributed by atoms with Crippen LogP contribution in [0.25, 0.3) is 0 Å². The Labute approximate surface area is 201 Å². The van der Waals surface area contributed by atoms with E-state index < -0.39 is 11.5 Å². The van der Waals surface area contributed by atoms with Gasteiger partial charge in [0.2, 0.25) is 0 Å². The smallest absolute Gasteiger partial charge is 0.160 e. The van der Waals surface area contributed by atoms with Gasteiger partial charge in [0.15, 0.2) is 5.78 Å². The lowest BCUT2D eigenvalue weighted by Gasteiger charge is -2.62. The fraction of sp³-hybridized carbons (Fsp3) is 0.700. The van der Waals surface area contributed by atoms with E-state index in [4.69, 9.17) is 0 Å². The van der Waals surface area contributed by atoms with Crippen LogP contribution in [-0.4, -0.2) is 28.7 Å². The Morgan fingerprint density at radius 2 is 1.76 bits per heavy atom. The minimum Gasteiger partial charge on any atom is -0.396 e. The van der Waals surface area contributed by atoms with E-state index >= 15 is 0 Å². The Morgan fingerprint density at radius 1 is 1.06 bits per heavy atom. The van der Waals surface area contributed by atoms with Crippen LogP contribution >= 0.6 is 0 Å². The molecule has 0 saturated heterocycles. The number of allylic oxidation sites excluding steroid dienone is 8. The standard InChI is InChI=1S/C30H46O3/c1-20(2)10-8-11-21(3)12-9-13-22(4)27-23(32)18-25-28(5)17-15-26(33)30(7,19-31)24(28)14-16-29(25,27)6/h9-10,12-13,24-26,31,33H,8,11,14-19H2,1-7H3/b13-9+,21-12+,27-22+/t24-,25+,26+,28+,29+,30-/m1/s1. The van der Waals surface area contributed by atoms with Crippen LogP contribution in [0.1, 0.15) is 93.4 Å². The minimum atomic E-state index is -0.480. The molecule has 0 bridgehead atoms. The number of hydrogen-bond donors (Lipinski definition) is 2. The van der Waals surface area contributed by atoms with E-state index in [1.807, 2.05) is 0 Å². The number of Topliss-reactive ketones (excluding diaryl/α,β-unsaturated/α-hetero) is 1. The molecule has 0 radical (unpaired) electrons. The van der Waals surface area contributed by atoms with E-state index in [1.165, 1.54) is 11.1 Å². The predicted molar refractivity (Wildman–Crippen MR) is 137 cm³/mol. The van der Waals surface area contributed by atoms with Gasteiger partial charge in [0.1, 0.15) is 0 Å². The first kappa shape index (κ1) is 26.2. The summed E-state index contributed by atoms with van der Waals surface area (Å²) in [7, 11) is 0. The van der Waals surface area contributed by atoms with Crippen molar-refractivity contribution in [2.75, 3.05) is 6.61 Å². The van der Waals surface area contributed by atoms with Gasteiger partial charge >= 0.3 is 0 Å². The highest BCUT2D eigenvalue weighted by Gasteiger charge is 2.65. The Morgan fingerprint density at radius 3 is 2.39 bits per heavy atom. The van der Waals surface area contributed by atoms with E-state index in [0.29, 0.717) is 18.6 Å². The molecule has 33 heavy (non-hydrogen) atoms. The van der Waals surface area contributed by atoms with E-state index in [0.717, 1.165) is 43.3 Å². The molecule has 0 amide bonds. The molecule has 0 unspecified atom stereocenters. The van der Waals surface area contributed by atoms with Gasteiger partial charge in [-0.15, -0.1) is 0 Å². The second-order valence-electron chi connectivity index (χ2n) is 12.2. The van der Waals surface area contributed by atoms with Crippen LogP contribution in [0, 0.1) is 28.1 Å². The molecule has 0 aromatic rings. The largest absolute Gasteiger partial charge is 0.396 e. The summed E-state index contributed by atoms with van der Waals surface area (Å²) in [6.45, 7) is 15.2. The second kappa shape index (κ2) is 9.66. The van der Waals surface area contributed by atoms with Gasteiger partial charge in [-0.1, -0.05) is 56.2 Å². The molecule has 3 heteroatoms. The molecule has 0 spiro atoms. The van der Waals surface area contributed by atoms with Crippen molar-refractivity contribution in [3.63, 3.8) is 0 Å². The van der Waals surface area contributed by atoms with Gasteiger partial charge < -0.3 is 10.2 Å². The summed E-state index contributed by atoms with van der Waals surface area (Å²) in [4.78, 5) is 13.4. The summed E-state index contributed by atoms with van der Waals surface area (Å²) in [5, 5.41) is 21.0. The summed E-state index contributed by atoms with van der Waals surface area (Å²) in [5.74, 6) is 0.813. The molecule has 3 fully saturated rings. The van der Waals surface area contributed by atoms with Crippen molar-refractivity contribution in [3.8, 4) is 0 Å². The van der Waals surface area contributed by atoms with Crippen LogP contribution in [-0.2, 0) is 4.79 Å². The first-order chi connectivity index (χ1) is 15.4. The third-order valence-electron chi connectivity index (χ3n) is 9.62. The lowest BCUT2D eigenvalue weighted by molar-refractivity contribution is -0.178. The molecular formula is C30H46O3. The van der Waals surface area contributed by atoms with E-state index in [2.05, 4.69) is 72.8 Å². The third kappa shape index (κ3) is 4.60. The molecule has 2 N–H and O–H groups in total. The van der Waals surface area contributed by atoms with Crippen molar-refractivity contribution in [1.29, 1.82) is 0 Å². The predicted octanol–water partition coefficient (Wildman–Crippen LogP) is 6.72. The lowest BCUT2D eigenvalue weighted by atomic mass is 9.43. The topological polar surface area (TPSA) is 57.5 Å². The molecule has 184 valence electrons. The number of hydrogen-bond acceptors (Lipinski definition) is 3. The quantitative estimate of drug-likeness (QED) is 0.266. The number of rotatable bonds is 6. The molecule has 3 aliphatic carbocycles. The molecule has 6 atom stereocenters. The minimum absolute atomic E-state index is 0.00949. The Kier molecular flexibility index (Phi) is 7.66. The Bertz CT molecular complexity index is 886. The molecule has 0 aliphatic heterocycles. The van der Waals surface area contributed by atoms with Crippen molar-refractivity contribution >= 4 is 5.78 Å². The van der Waals surface area contributed by atoms with Crippen molar-refractivity contribution < 1.29 is 15.0 Å². The van der Waals surface area contributed by atoms with Crippen molar-refractivity contribution in [2.24, 2.45) is 28.1 Å². The van der Waals surface area contributed by atoms with Crippen LogP contribution in [0.3, 0.4) is 0 Å². The summed E-state index contributed by atoms with van der Waals surface area (Å²) in [6, 6.07) is 0. The van der Waals surface area contributed by atoms with Gasteiger partial charge in [-0.25, -0.2) is 0 Å². The molecule has 3 aliphatic rings. The number of fused-ring (bicyclic) bond motifs is 3. The van der Waals surface area contributed by atoms with Crippen molar-refractivity contribution in [2.45, 2.75) is 99.5 Å². The highest BCUT2D eigenvalue weighted by atomic mass is 16.3. The zero-order valence-corrected chi connectivity index (χ0v) is 22.0. The van der Waals surface area contributed by atoms with Crippen molar-refractivity contribution in [1.82, 2.24) is 0 Å². The van der Waals surface area contributed by atoms with Gasteiger partial charge in [0, 0.05) is 22.8 Å². The molecule has 3 nitrogen and oxygen atoms in total. The molecule has 0 aromatic carbocycles. The molecule has 0 aromatic heterocycles. The van der Waals surface area contributed by atoms with Crippen LogP contribution in [0.4, 0.5) is 0 Å². The maximum absolute atomic E-state index is 13.4. The highest BCUT2D eigenvalue weighted by molar-refractivity contribution is 6.00. The van der Waals surface area contributed by atoms with Crippen LogP contribution in [0.5, 0.6) is 0 Å². The van der Waals surface area contributed by atoms with Gasteiger partial charge in [0.05, 0.1) is 12.7 Å². The van der Waals surface area contributed by atoms with Gasteiger partial charge in [-0.3, -0.25) is 4.79 Å². The SMILES string of the molecule is CC(C)=CCC/C(C)=C/C=C/C(C)=C1\C(=O)C[C@H]2[C@@]3(C)CC[C@H](O)[C@](C)(CO)[C@@H]3CC[C@]12C. The summed E-state index contributed by atoms with van der Waals surface area (Å²) < 4.78 is 0. The monoisotopic (exact) mass is 454 g/mol. The lowest BCUT2D eigenvalue weighted by Crippen LogP contribution is -2.59. The zero-order valence-electron chi connectivity index (χ0n) is 22.0. The maximum Gasteiger partial charge on any atom is 0.160 e. The fourth-order valence-electron chi connectivity index (χ4n) is 7.72. The number of aliphatic hydroxyl groups excluding tert-OH is 2. The fourth-order valence-corrected chi connectivity index (χ4v) is 7.72. The number of carbonyl (C=O) groups excluding carboxylic acids is 1. The average Bonchev–Trinajstić information content (AvgIpc) is 3.02. The molecular weight excluding hydrogens is 408 g/mol. The molecule has 3 saturated carbocycles. The zero-order chi connectivity index (χ0) is 24.6. The van der Waals surface area contributed by atoms with Gasteiger partial charge in [0.25, 0.3) is 0 Å². The Hall–Kier alpha value is -1.45. The van der Waals surface area contributed by atoms with Gasteiger partial charge in [-0.2, -0.15) is 0 Å². The third-order valence-corrected chi connectivity index (χ3v) is 9.62. The highest BCUT2D eigenvalue weighted by Crippen LogP contribution is 2.69. The normalized spacial score (nSPS) is 40.6. The number of aliphatic hydroxyl groups is 2. The van der Waals surface area contributed by atoms with Crippen LogP contribution in [0.2, 0.25) is 0 Å². The van der Waals surface area contributed by atoms with Crippen molar-refractivity contribution in [3.05, 3.63) is 46.6 Å². The summed E-state index contributed by atoms with van der Waals surface area (Å²) in [6.07, 6.45) is 14.5. The first-order valence-corrected chi connectivity index (χ1v) is 12.9. The molecule has 3 rings (SSSR count). The maximum atomic E-state index is 13.4. The average molecular weight is 455 g/mol. The van der Waals surface area contributed by atoms with Gasteiger partial charge in [-0.05, 0) is 89.0 Å². The van der Waals surface area contributed by atoms with E-state index in [1.54, 1.807) is 0 Å². The summed E-state index contributed by atoms with van der Waals surface area (Å²) >= 11 is 0. The Balaban J connectivity index is 1.87.